The second-order valence-corrected chi connectivity index (χ2v) is 6.61. The summed E-state index contributed by atoms with van der Waals surface area (Å²) in [6, 6.07) is 15.2. The monoisotopic (exact) mass is 352 g/mol. The molecule has 2 N–H and O–H groups in total. The number of carbonyl (C=O) groups is 2. The van der Waals surface area contributed by atoms with Crippen molar-refractivity contribution in [3.8, 4) is 5.75 Å². The van der Waals surface area contributed by atoms with Crippen LogP contribution < -0.4 is 15.4 Å². The van der Waals surface area contributed by atoms with E-state index in [2.05, 4.69) is 10.6 Å². The van der Waals surface area contributed by atoms with Crippen molar-refractivity contribution in [3.05, 3.63) is 59.7 Å². The molecule has 1 aliphatic rings. The SMILES string of the molecule is Cc1cccc(OCCCC(=O)Nc2ccccc2C(=O)NC2CC2)c1. The van der Waals surface area contributed by atoms with Crippen LogP contribution in [0, 0.1) is 6.92 Å². The van der Waals surface area contributed by atoms with Crippen LogP contribution in [-0.2, 0) is 4.79 Å². The molecule has 0 atom stereocenters. The lowest BCUT2D eigenvalue weighted by molar-refractivity contribution is -0.116. The van der Waals surface area contributed by atoms with Gasteiger partial charge in [-0.3, -0.25) is 9.59 Å². The van der Waals surface area contributed by atoms with Gasteiger partial charge >= 0.3 is 0 Å². The summed E-state index contributed by atoms with van der Waals surface area (Å²) in [5.74, 6) is 0.559. The molecular weight excluding hydrogens is 328 g/mol. The topological polar surface area (TPSA) is 67.4 Å². The molecule has 1 aliphatic carbocycles. The van der Waals surface area contributed by atoms with E-state index in [1.165, 1.54) is 0 Å². The normalized spacial score (nSPS) is 13.1. The lowest BCUT2D eigenvalue weighted by Crippen LogP contribution is -2.27. The summed E-state index contributed by atoms with van der Waals surface area (Å²) in [6.07, 6.45) is 3.00. The second kappa shape index (κ2) is 8.52. The van der Waals surface area contributed by atoms with E-state index in [0.717, 1.165) is 24.2 Å². The van der Waals surface area contributed by atoms with Crippen LogP contribution in [-0.4, -0.2) is 24.5 Å². The quantitative estimate of drug-likeness (QED) is 0.712. The van der Waals surface area contributed by atoms with Crippen LogP contribution in [0.2, 0.25) is 0 Å². The Hall–Kier alpha value is -2.82. The minimum atomic E-state index is -0.133. The summed E-state index contributed by atoms with van der Waals surface area (Å²) in [5, 5.41) is 5.79. The Balaban J connectivity index is 1.46. The van der Waals surface area contributed by atoms with Gasteiger partial charge in [0.05, 0.1) is 17.9 Å². The van der Waals surface area contributed by atoms with Gasteiger partial charge in [-0.25, -0.2) is 0 Å². The fraction of sp³-hybridized carbons (Fsp3) is 0.333. The largest absolute Gasteiger partial charge is 0.494 e. The molecule has 1 saturated carbocycles. The standard InChI is InChI=1S/C21H24N2O3/c1-15-6-4-7-17(14-15)26-13-5-10-20(24)23-19-9-3-2-8-18(19)21(25)22-16-11-12-16/h2-4,6-9,14,16H,5,10-13H2,1H3,(H,22,25)(H,23,24). The molecular formula is C21H24N2O3. The first-order valence-electron chi connectivity index (χ1n) is 9.01. The number of rotatable bonds is 8. The lowest BCUT2D eigenvalue weighted by atomic mass is 10.1. The number of para-hydroxylation sites is 1. The van der Waals surface area contributed by atoms with Crippen molar-refractivity contribution >= 4 is 17.5 Å². The van der Waals surface area contributed by atoms with Gasteiger partial charge in [-0.2, -0.15) is 0 Å². The molecule has 5 nitrogen and oxygen atoms in total. The third kappa shape index (κ3) is 5.34. The summed E-state index contributed by atoms with van der Waals surface area (Å²) in [6.45, 7) is 2.48. The number of nitrogens with one attached hydrogen (secondary N) is 2. The van der Waals surface area contributed by atoms with Crippen LogP contribution in [0.5, 0.6) is 5.75 Å². The van der Waals surface area contributed by atoms with E-state index in [9.17, 15) is 9.59 Å². The van der Waals surface area contributed by atoms with Crippen molar-refractivity contribution in [2.75, 3.05) is 11.9 Å². The fourth-order valence-corrected chi connectivity index (χ4v) is 2.62. The number of ether oxygens (including phenoxy) is 1. The van der Waals surface area contributed by atoms with E-state index in [4.69, 9.17) is 4.74 Å². The first-order valence-corrected chi connectivity index (χ1v) is 9.01. The molecule has 5 heteroatoms. The lowest BCUT2D eigenvalue weighted by Gasteiger charge is -2.11. The first-order chi connectivity index (χ1) is 12.6. The second-order valence-electron chi connectivity index (χ2n) is 6.61. The number of hydrogen-bond acceptors (Lipinski definition) is 3. The highest BCUT2D eigenvalue weighted by molar-refractivity contribution is 6.03. The highest BCUT2D eigenvalue weighted by atomic mass is 16.5. The molecule has 26 heavy (non-hydrogen) atoms. The van der Waals surface area contributed by atoms with Crippen LogP contribution in [0.15, 0.2) is 48.5 Å². The average molecular weight is 352 g/mol. The van der Waals surface area contributed by atoms with Crippen LogP contribution >= 0.6 is 0 Å². The Labute approximate surface area is 153 Å². The zero-order chi connectivity index (χ0) is 18.4. The molecule has 2 aromatic rings. The third-order valence-corrected chi connectivity index (χ3v) is 4.16. The first kappa shape index (κ1) is 18.0. The highest BCUT2D eigenvalue weighted by Crippen LogP contribution is 2.21. The maximum Gasteiger partial charge on any atom is 0.253 e. The van der Waals surface area contributed by atoms with Crippen molar-refractivity contribution in [1.29, 1.82) is 0 Å². The molecule has 0 bridgehead atoms. The van der Waals surface area contributed by atoms with Gasteiger partial charge < -0.3 is 15.4 Å². The van der Waals surface area contributed by atoms with Crippen LogP contribution in [0.3, 0.4) is 0 Å². The minimum absolute atomic E-state index is 0.121. The van der Waals surface area contributed by atoms with Crippen molar-refractivity contribution < 1.29 is 14.3 Å². The molecule has 0 spiro atoms. The molecule has 136 valence electrons. The van der Waals surface area contributed by atoms with Crippen LogP contribution in [0.25, 0.3) is 0 Å². The third-order valence-electron chi connectivity index (χ3n) is 4.16. The molecule has 0 aliphatic heterocycles. The van der Waals surface area contributed by atoms with Crippen molar-refractivity contribution in [3.63, 3.8) is 0 Å². The number of benzene rings is 2. The van der Waals surface area contributed by atoms with Crippen molar-refractivity contribution in [1.82, 2.24) is 5.32 Å². The summed E-state index contributed by atoms with van der Waals surface area (Å²) < 4.78 is 5.66. The Bertz CT molecular complexity index is 784. The molecule has 0 heterocycles. The number of carbonyl (C=O) groups excluding carboxylic acids is 2. The van der Waals surface area contributed by atoms with Crippen molar-refractivity contribution in [2.24, 2.45) is 0 Å². The van der Waals surface area contributed by atoms with Crippen LogP contribution in [0.4, 0.5) is 5.69 Å². The minimum Gasteiger partial charge on any atom is -0.494 e. The fourth-order valence-electron chi connectivity index (χ4n) is 2.62. The summed E-state index contributed by atoms with van der Waals surface area (Å²) in [7, 11) is 0. The molecule has 1 fully saturated rings. The molecule has 0 unspecified atom stereocenters. The predicted octanol–water partition coefficient (Wildman–Crippen LogP) is 3.68. The Morgan fingerprint density at radius 1 is 1.12 bits per heavy atom. The summed E-state index contributed by atoms with van der Waals surface area (Å²) in [4.78, 5) is 24.4. The molecule has 2 amide bonds. The predicted molar refractivity (Wildman–Crippen MR) is 101 cm³/mol. The molecule has 2 aromatic carbocycles. The smallest absolute Gasteiger partial charge is 0.253 e. The number of aryl methyl sites for hydroxylation is 1. The average Bonchev–Trinajstić information content (AvgIpc) is 3.43. The molecule has 0 radical (unpaired) electrons. The van der Waals surface area contributed by atoms with Gasteiger partial charge in [0.1, 0.15) is 5.75 Å². The molecule has 0 aromatic heterocycles. The van der Waals surface area contributed by atoms with E-state index in [1.54, 1.807) is 18.2 Å². The van der Waals surface area contributed by atoms with Gasteiger partial charge in [0.2, 0.25) is 5.91 Å². The van der Waals surface area contributed by atoms with E-state index < -0.39 is 0 Å². The maximum atomic E-state index is 12.3. The Kier molecular flexibility index (Phi) is 5.89. The number of amides is 2. The summed E-state index contributed by atoms with van der Waals surface area (Å²) >= 11 is 0. The Morgan fingerprint density at radius 3 is 2.69 bits per heavy atom. The van der Waals surface area contributed by atoms with Crippen molar-refractivity contribution in [2.45, 2.75) is 38.6 Å². The summed E-state index contributed by atoms with van der Waals surface area (Å²) in [5.41, 5.74) is 2.19. The van der Waals surface area contributed by atoms with Gasteiger partial charge in [0, 0.05) is 12.5 Å². The number of hydrogen-bond donors (Lipinski definition) is 2. The molecule has 3 rings (SSSR count). The number of anilines is 1. The van der Waals surface area contributed by atoms with E-state index in [1.807, 2.05) is 37.3 Å². The Morgan fingerprint density at radius 2 is 1.92 bits per heavy atom. The van der Waals surface area contributed by atoms with E-state index in [0.29, 0.717) is 30.7 Å². The van der Waals surface area contributed by atoms with Crippen LogP contribution in [0.1, 0.15) is 41.6 Å². The maximum absolute atomic E-state index is 12.3. The van der Waals surface area contributed by atoms with E-state index >= 15 is 0 Å². The van der Waals surface area contributed by atoms with E-state index in [-0.39, 0.29) is 17.9 Å². The van der Waals surface area contributed by atoms with Gasteiger partial charge in [0.25, 0.3) is 5.91 Å². The zero-order valence-electron chi connectivity index (χ0n) is 15.0. The highest BCUT2D eigenvalue weighted by Gasteiger charge is 2.24. The van der Waals surface area contributed by atoms with Gasteiger partial charge in [-0.05, 0) is 56.0 Å². The zero-order valence-corrected chi connectivity index (χ0v) is 15.0. The van der Waals surface area contributed by atoms with Gasteiger partial charge in [-0.15, -0.1) is 0 Å². The van der Waals surface area contributed by atoms with Gasteiger partial charge in [-0.1, -0.05) is 24.3 Å². The van der Waals surface area contributed by atoms with Gasteiger partial charge in [0.15, 0.2) is 0 Å². The molecule has 0 saturated heterocycles.